The van der Waals surface area contributed by atoms with E-state index in [0.717, 1.165) is 22.5 Å². The Balaban J connectivity index is 2.55. The van der Waals surface area contributed by atoms with Crippen molar-refractivity contribution in [3.05, 3.63) is 35.8 Å². The van der Waals surface area contributed by atoms with Crippen LogP contribution in [0.2, 0.25) is 0 Å². The van der Waals surface area contributed by atoms with Gasteiger partial charge < -0.3 is 14.7 Å². The van der Waals surface area contributed by atoms with Gasteiger partial charge in [0.05, 0.1) is 6.61 Å². The van der Waals surface area contributed by atoms with Crippen molar-refractivity contribution >= 4 is 0 Å². The van der Waals surface area contributed by atoms with E-state index in [1.807, 2.05) is 38.5 Å². The maximum atomic E-state index is 9.13. The van der Waals surface area contributed by atoms with Crippen molar-refractivity contribution < 1.29 is 5.11 Å². The van der Waals surface area contributed by atoms with Crippen LogP contribution in [0.4, 0.5) is 0 Å². The average Bonchev–Trinajstić information content (AvgIpc) is 2.78. The quantitative estimate of drug-likeness (QED) is 0.745. The molecule has 14 heavy (non-hydrogen) atoms. The van der Waals surface area contributed by atoms with E-state index >= 15 is 0 Å². The van der Waals surface area contributed by atoms with E-state index in [2.05, 4.69) is 9.55 Å². The summed E-state index contributed by atoms with van der Waals surface area (Å²) in [6.45, 7) is 2.12. The molecule has 0 saturated carbocycles. The lowest BCUT2D eigenvalue weighted by Crippen LogP contribution is -1.94. The summed E-state index contributed by atoms with van der Waals surface area (Å²) in [5.41, 5.74) is 4.38. The third-order valence-corrected chi connectivity index (χ3v) is 2.70. The van der Waals surface area contributed by atoms with Crippen LogP contribution in [-0.2, 0) is 13.7 Å². The highest BCUT2D eigenvalue weighted by Gasteiger charge is 2.09. The van der Waals surface area contributed by atoms with Crippen molar-refractivity contribution in [3.8, 4) is 11.3 Å². The Morgan fingerprint density at radius 1 is 1.50 bits per heavy atom. The highest BCUT2D eigenvalue weighted by atomic mass is 16.3. The Kier molecular flexibility index (Phi) is 2.17. The van der Waals surface area contributed by atoms with Gasteiger partial charge in [-0.25, -0.2) is 0 Å². The first-order valence-electron chi connectivity index (χ1n) is 4.63. The van der Waals surface area contributed by atoms with E-state index in [-0.39, 0.29) is 6.61 Å². The molecule has 0 aliphatic rings. The number of H-pyrrole nitrogens is 1. The normalized spacial score (nSPS) is 10.8. The van der Waals surface area contributed by atoms with Gasteiger partial charge in [0.25, 0.3) is 0 Å². The zero-order chi connectivity index (χ0) is 10.1. The number of nitrogens with one attached hydrogen (secondary N) is 1. The van der Waals surface area contributed by atoms with E-state index < -0.39 is 0 Å². The fourth-order valence-electron chi connectivity index (χ4n) is 1.68. The van der Waals surface area contributed by atoms with Gasteiger partial charge in [-0.15, -0.1) is 0 Å². The van der Waals surface area contributed by atoms with E-state index in [0.29, 0.717) is 0 Å². The summed E-state index contributed by atoms with van der Waals surface area (Å²) in [5, 5.41) is 9.13. The second kappa shape index (κ2) is 3.35. The van der Waals surface area contributed by atoms with Gasteiger partial charge in [-0.05, 0) is 24.6 Å². The molecule has 74 valence electrons. The largest absolute Gasteiger partial charge is 0.392 e. The summed E-state index contributed by atoms with van der Waals surface area (Å²) in [5.74, 6) is 0. The molecule has 0 aliphatic carbocycles. The van der Waals surface area contributed by atoms with Gasteiger partial charge in [0.15, 0.2) is 0 Å². The molecule has 0 aliphatic heterocycles. The third-order valence-electron chi connectivity index (χ3n) is 2.70. The Morgan fingerprint density at radius 3 is 2.79 bits per heavy atom. The smallest absolute Gasteiger partial charge is 0.0699 e. The van der Waals surface area contributed by atoms with Gasteiger partial charge in [-0.2, -0.15) is 0 Å². The number of aromatic amines is 1. The third kappa shape index (κ3) is 1.26. The van der Waals surface area contributed by atoms with Crippen LogP contribution in [0.5, 0.6) is 0 Å². The molecule has 0 bridgehead atoms. The summed E-state index contributed by atoms with van der Waals surface area (Å²) in [6, 6.07) is 4.05. The van der Waals surface area contributed by atoms with E-state index in [1.54, 1.807) is 0 Å². The standard InChI is InChI=1S/C11H14N2O/c1-8-10(7-14)5-11(13(8)2)9-3-4-12-6-9/h3-6,12,14H,7H2,1-2H3. The SMILES string of the molecule is Cc1c(CO)cc(-c2cc[nH]c2)n1C. The van der Waals surface area contributed by atoms with Crippen molar-refractivity contribution in [1.29, 1.82) is 0 Å². The van der Waals surface area contributed by atoms with Gasteiger partial charge in [0.1, 0.15) is 0 Å². The summed E-state index contributed by atoms with van der Waals surface area (Å²) < 4.78 is 2.09. The molecule has 0 radical (unpaired) electrons. The first kappa shape index (κ1) is 9.09. The molecule has 2 N–H and O–H groups in total. The Morgan fingerprint density at radius 2 is 2.29 bits per heavy atom. The number of aliphatic hydroxyl groups is 1. The van der Waals surface area contributed by atoms with Crippen LogP contribution in [0.15, 0.2) is 24.5 Å². The maximum absolute atomic E-state index is 9.13. The van der Waals surface area contributed by atoms with Crippen LogP contribution in [-0.4, -0.2) is 14.7 Å². The van der Waals surface area contributed by atoms with Crippen molar-refractivity contribution in [2.75, 3.05) is 0 Å². The van der Waals surface area contributed by atoms with Crippen LogP contribution in [0, 0.1) is 6.92 Å². The summed E-state index contributed by atoms with van der Waals surface area (Å²) >= 11 is 0. The molecule has 0 spiro atoms. The molecule has 0 amide bonds. The Labute approximate surface area is 83.0 Å². The topological polar surface area (TPSA) is 40.9 Å². The van der Waals surface area contributed by atoms with Crippen LogP contribution in [0.25, 0.3) is 11.3 Å². The van der Waals surface area contributed by atoms with Crippen LogP contribution in [0.3, 0.4) is 0 Å². The minimum Gasteiger partial charge on any atom is -0.392 e. The predicted octanol–water partition coefficient (Wildman–Crippen LogP) is 1.82. The number of hydrogen-bond donors (Lipinski definition) is 2. The zero-order valence-corrected chi connectivity index (χ0v) is 8.41. The Hall–Kier alpha value is -1.48. The summed E-state index contributed by atoms with van der Waals surface area (Å²) in [6.07, 6.45) is 3.85. The van der Waals surface area contributed by atoms with Gasteiger partial charge in [0, 0.05) is 36.4 Å². The predicted molar refractivity (Wildman–Crippen MR) is 55.9 cm³/mol. The van der Waals surface area contributed by atoms with E-state index in [1.165, 1.54) is 0 Å². The molecule has 0 unspecified atom stereocenters. The fraction of sp³-hybridized carbons (Fsp3) is 0.273. The number of aliphatic hydroxyl groups excluding tert-OH is 1. The van der Waals surface area contributed by atoms with Gasteiger partial charge in [-0.3, -0.25) is 0 Å². The van der Waals surface area contributed by atoms with Crippen LogP contribution >= 0.6 is 0 Å². The van der Waals surface area contributed by atoms with Crippen LogP contribution in [0.1, 0.15) is 11.3 Å². The molecule has 0 atom stereocenters. The lowest BCUT2D eigenvalue weighted by molar-refractivity contribution is 0.281. The average molecular weight is 190 g/mol. The molecule has 3 nitrogen and oxygen atoms in total. The number of rotatable bonds is 2. The van der Waals surface area contributed by atoms with Crippen molar-refractivity contribution in [2.45, 2.75) is 13.5 Å². The highest BCUT2D eigenvalue weighted by molar-refractivity contribution is 5.61. The zero-order valence-electron chi connectivity index (χ0n) is 8.41. The molecular weight excluding hydrogens is 176 g/mol. The number of aromatic nitrogens is 2. The molecule has 0 fully saturated rings. The van der Waals surface area contributed by atoms with Gasteiger partial charge in [-0.1, -0.05) is 0 Å². The first-order chi connectivity index (χ1) is 6.74. The van der Waals surface area contributed by atoms with Crippen molar-refractivity contribution in [3.63, 3.8) is 0 Å². The number of nitrogens with zero attached hydrogens (tertiary/aromatic N) is 1. The number of hydrogen-bond acceptors (Lipinski definition) is 1. The van der Waals surface area contributed by atoms with Crippen LogP contribution < -0.4 is 0 Å². The maximum Gasteiger partial charge on any atom is 0.0699 e. The monoisotopic (exact) mass is 190 g/mol. The first-order valence-corrected chi connectivity index (χ1v) is 4.63. The van der Waals surface area contributed by atoms with E-state index in [9.17, 15) is 0 Å². The molecule has 2 rings (SSSR count). The fourth-order valence-corrected chi connectivity index (χ4v) is 1.68. The molecule has 2 heterocycles. The summed E-state index contributed by atoms with van der Waals surface area (Å²) in [4.78, 5) is 3.03. The molecule has 2 aromatic heterocycles. The van der Waals surface area contributed by atoms with Crippen molar-refractivity contribution in [2.24, 2.45) is 7.05 Å². The molecule has 0 saturated heterocycles. The molecule has 2 aromatic rings. The lowest BCUT2D eigenvalue weighted by Gasteiger charge is -2.02. The van der Waals surface area contributed by atoms with Gasteiger partial charge in [0.2, 0.25) is 0 Å². The Bertz CT molecular complexity index is 426. The highest BCUT2D eigenvalue weighted by Crippen LogP contribution is 2.24. The molecule has 0 aromatic carbocycles. The minimum absolute atomic E-state index is 0.101. The summed E-state index contributed by atoms with van der Waals surface area (Å²) in [7, 11) is 2.01. The second-order valence-electron chi connectivity index (χ2n) is 3.46. The molecule has 3 heteroatoms. The second-order valence-corrected chi connectivity index (χ2v) is 3.46. The lowest BCUT2D eigenvalue weighted by atomic mass is 10.2. The molecular formula is C11H14N2O. The van der Waals surface area contributed by atoms with E-state index in [4.69, 9.17) is 5.11 Å². The minimum atomic E-state index is 0.101. The van der Waals surface area contributed by atoms with Crippen molar-refractivity contribution in [1.82, 2.24) is 9.55 Å². The van der Waals surface area contributed by atoms with Gasteiger partial charge >= 0.3 is 0 Å².